The summed E-state index contributed by atoms with van der Waals surface area (Å²) in [5.74, 6) is 1.40. The van der Waals surface area contributed by atoms with E-state index in [0.29, 0.717) is 11.5 Å². The van der Waals surface area contributed by atoms with Gasteiger partial charge in [0.2, 0.25) is 0 Å². The molecule has 2 rings (SSSR count). The molecular weight excluding hydrogens is 252 g/mol. The fourth-order valence-corrected chi connectivity index (χ4v) is 2.41. The lowest BCUT2D eigenvalue weighted by molar-refractivity contribution is 0.355. The van der Waals surface area contributed by atoms with Crippen LogP contribution in [0.2, 0.25) is 0 Å². The Bertz CT molecular complexity index is 630. The molecule has 108 valence electrons. The molecule has 0 saturated carbocycles. The molecule has 0 fully saturated rings. The highest BCUT2D eigenvalue weighted by atomic mass is 16.5. The second-order valence-electron chi connectivity index (χ2n) is 5.81. The van der Waals surface area contributed by atoms with Crippen molar-refractivity contribution in [1.29, 1.82) is 0 Å². The number of methoxy groups -OCH3 is 2. The van der Waals surface area contributed by atoms with Crippen LogP contribution in [0.1, 0.15) is 25.1 Å². The SMILES string of the molecule is COc1cc2nc(C)cc(CC(C)(C)N)c2cc1OC. The molecule has 20 heavy (non-hydrogen) atoms. The summed E-state index contributed by atoms with van der Waals surface area (Å²) >= 11 is 0. The van der Waals surface area contributed by atoms with E-state index < -0.39 is 0 Å². The first kappa shape index (κ1) is 14.6. The summed E-state index contributed by atoms with van der Waals surface area (Å²) < 4.78 is 10.7. The lowest BCUT2D eigenvalue weighted by Crippen LogP contribution is -2.34. The largest absolute Gasteiger partial charge is 0.493 e. The zero-order valence-electron chi connectivity index (χ0n) is 12.8. The summed E-state index contributed by atoms with van der Waals surface area (Å²) in [5, 5.41) is 1.06. The van der Waals surface area contributed by atoms with E-state index >= 15 is 0 Å². The average molecular weight is 274 g/mol. The van der Waals surface area contributed by atoms with Gasteiger partial charge in [0.05, 0.1) is 19.7 Å². The first-order chi connectivity index (χ1) is 9.34. The summed E-state index contributed by atoms with van der Waals surface area (Å²) in [6, 6.07) is 5.97. The number of benzene rings is 1. The molecule has 1 heterocycles. The van der Waals surface area contributed by atoms with E-state index in [0.717, 1.165) is 23.0 Å². The molecule has 0 aliphatic carbocycles. The van der Waals surface area contributed by atoms with Crippen LogP contribution >= 0.6 is 0 Å². The quantitative estimate of drug-likeness (QED) is 0.931. The standard InChI is InChI=1S/C16H22N2O2/c1-10-6-11(9-16(2,3)17)12-7-14(19-4)15(20-5)8-13(12)18-10/h6-8H,9,17H2,1-5H3. The number of hydrogen-bond acceptors (Lipinski definition) is 4. The highest BCUT2D eigenvalue weighted by molar-refractivity contribution is 5.86. The third kappa shape index (κ3) is 3.02. The van der Waals surface area contributed by atoms with Crippen molar-refractivity contribution < 1.29 is 9.47 Å². The van der Waals surface area contributed by atoms with Crippen molar-refractivity contribution in [3.05, 3.63) is 29.5 Å². The van der Waals surface area contributed by atoms with Crippen molar-refractivity contribution in [2.24, 2.45) is 5.73 Å². The number of hydrogen-bond donors (Lipinski definition) is 1. The van der Waals surface area contributed by atoms with Gasteiger partial charge >= 0.3 is 0 Å². The van der Waals surface area contributed by atoms with E-state index in [4.69, 9.17) is 15.2 Å². The Morgan fingerprint density at radius 2 is 1.70 bits per heavy atom. The van der Waals surface area contributed by atoms with Crippen LogP contribution in [-0.4, -0.2) is 24.7 Å². The summed E-state index contributed by atoms with van der Waals surface area (Å²) in [6.45, 7) is 6.04. The van der Waals surface area contributed by atoms with Gasteiger partial charge in [0.25, 0.3) is 0 Å². The molecule has 0 amide bonds. The minimum atomic E-state index is -0.270. The van der Waals surface area contributed by atoms with Crippen LogP contribution in [0, 0.1) is 6.92 Å². The van der Waals surface area contributed by atoms with Gasteiger partial charge in [-0.05, 0) is 44.9 Å². The summed E-state index contributed by atoms with van der Waals surface area (Å²) in [5.41, 5.74) is 8.95. The van der Waals surface area contributed by atoms with Gasteiger partial charge in [-0.1, -0.05) is 0 Å². The molecule has 4 heteroatoms. The van der Waals surface area contributed by atoms with Gasteiger partial charge in [0.15, 0.2) is 11.5 Å². The van der Waals surface area contributed by atoms with E-state index in [9.17, 15) is 0 Å². The average Bonchev–Trinajstić information content (AvgIpc) is 2.35. The minimum absolute atomic E-state index is 0.270. The van der Waals surface area contributed by atoms with Crippen LogP contribution in [0.25, 0.3) is 10.9 Å². The molecular formula is C16H22N2O2. The maximum atomic E-state index is 6.16. The van der Waals surface area contributed by atoms with Crippen molar-refractivity contribution in [2.45, 2.75) is 32.7 Å². The zero-order chi connectivity index (χ0) is 14.9. The van der Waals surface area contributed by atoms with Gasteiger partial charge in [-0.2, -0.15) is 0 Å². The molecule has 0 unspecified atom stereocenters. The van der Waals surface area contributed by atoms with E-state index in [1.54, 1.807) is 14.2 Å². The molecule has 1 aromatic heterocycles. The number of aromatic nitrogens is 1. The lowest BCUT2D eigenvalue weighted by atomic mass is 9.93. The number of aryl methyl sites for hydroxylation is 1. The van der Waals surface area contributed by atoms with Gasteiger partial charge in [-0.15, -0.1) is 0 Å². The number of nitrogens with zero attached hydrogens (tertiary/aromatic N) is 1. The Kier molecular flexibility index (Phi) is 3.86. The van der Waals surface area contributed by atoms with Crippen LogP contribution in [0.5, 0.6) is 11.5 Å². The van der Waals surface area contributed by atoms with Crippen LogP contribution in [0.3, 0.4) is 0 Å². The lowest BCUT2D eigenvalue weighted by Gasteiger charge is -2.20. The topological polar surface area (TPSA) is 57.4 Å². The molecule has 1 aromatic carbocycles. The number of ether oxygens (including phenoxy) is 2. The predicted molar refractivity (Wildman–Crippen MR) is 81.6 cm³/mol. The molecule has 0 spiro atoms. The third-order valence-corrected chi connectivity index (χ3v) is 3.17. The second kappa shape index (κ2) is 5.29. The predicted octanol–water partition coefficient (Wildman–Crippen LogP) is 2.84. The van der Waals surface area contributed by atoms with Gasteiger partial charge in [0.1, 0.15) is 0 Å². The molecule has 0 saturated heterocycles. The van der Waals surface area contributed by atoms with E-state index in [1.165, 1.54) is 5.56 Å². The van der Waals surface area contributed by atoms with Gasteiger partial charge in [0, 0.05) is 22.7 Å². The number of nitrogens with two attached hydrogens (primary N) is 1. The maximum absolute atomic E-state index is 6.16. The van der Waals surface area contributed by atoms with Crippen LogP contribution in [0.15, 0.2) is 18.2 Å². The fraction of sp³-hybridized carbons (Fsp3) is 0.438. The second-order valence-corrected chi connectivity index (χ2v) is 5.81. The zero-order valence-corrected chi connectivity index (χ0v) is 12.8. The van der Waals surface area contributed by atoms with E-state index in [-0.39, 0.29) is 5.54 Å². The molecule has 0 atom stereocenters. The van der Waals surface area contributed by atoms with Crippen LogP contribution in [0.4, 0.5) is 0 Å². The molecule has 0 bridgehead atoms. The van der Waals surface area contributed by atoms with Crippen LogP contribution in [-0.2, 0) is 6.42 Å². The van der Waals surface area contributed by atoms with E-state index in [1.807, 2.05) is 32.9 Å². The Balaban J connectivity index is 2.68. The van der Waals surface area contributed by atoms with Crippen molar-refractivity contribution >= 4 is 10.9 Å². The monoisotopic (exact) mass is 274 g/mol. The smallest absolute Gasteiger partial charge is 0.162 e. The Labute approximate surface area is 119 Å². The maximum Gasteiger partial charge on any atom is 0.162 e. The Hall–Kier alpha value is -1.81. The number of pyridine rings is 1. The third-order valence-electron chi connectivity index (χ3n) is 3.17. The van der Waals surface area contributed by atoms with Crippen molar-refractivity contribution in [3.8, 4) is 11.5 Å². The van der Waals surface area contributed by atoms with Gasteiger partial charge < -0.3 is 15.2 Å². The summed E-state index contributed by atoms with van der Waals surface area (Å²) in [4.78, 5) is 4.57. The highest BCUT2D eigenvalue weighted by Gasteiger charge is 2.16. The van der Waals surface area contributed by atoms with Gasteiger partial charge in [-0.25, -0.2) is 0 Å². The number of rotatable bonds is 4. The highest BCUT2D eigenvalue weighted by Crippen LogP contribution is 2.33. The van der Waals surface area contributed by atoms with Crippen molar-refractivity contribution in [3.63, 3.8) is 0 Å². The Morgan fingerprint density at radius 3 is 2.25 bits per heavy atom. The fourth-order valence-electron chi connectivity index (χ4n) is 2.41. The van der Waals surface area contributed by atoms with Crippen LogP contribution < -0.4 is 15.2 Å². The first-order valence-corrected chi connectivity index (χ1v) is 6.65. The molecule has 0 aliphatic rings. The number of fused-ring (bicyclic) bond motifs is 1. The molecule has 0 aliphatic heterocycles. The summed E-state index contributed by atoms with van der Waals surface area (Å²) in [7, 11) is 3.27. The Morgan fingerprint density at radius 1 is 1.10 bits per heavy atom. The first-order valence-electron chi connectivity index (χ1n) is 6.65. The molecule has 2 aromatic rings. The van der Waals surface area contributed by atoms with Crippen molar-refractivity contribution in [2.75, 3.05) is 14.2 Å². The molecule has 4 nitrogen and oxygen atoms in total. The van der Waals surface area contributed by atoms with E-state index in [2.05, 4.69) is 11.1 Å². The van der Waals surface area contributed by atoms with Gasteiger partial charge in [-0.3, -0.25) is 4.98 Å². The summed E-state index contributed by atoms with van der Waals surface area (Å²) in [6.07, 6.45) is 0.780. The van der Waals surface area contributed by atoms with Crippen molar-refractivity contribution in [1.82, 2.24) is 4.98 Å². The molecule has 0 radical (unpaired) electrons. The minimum Gasteiger partial charge on any atom is -0.493 e. The normalized spacial score (nSPS) is 11.7. The molecule has 2 N–H and O–H groups in total.